The molecule has 1 N–H and O–H groups in total. The molecule has 25 heavy (non-hydrogen) atoms. The molecule has 1 saturated heterocycles. The Kier molecular flexibility index (Phi) is 4.83. The van der Waals surface area contributed by atoms with Gasteiger partial charge in [-0.3, -0.25) is 9.59 Å². The number of amides is 1. The summed E-state index contributed by atoms with van der Waals surface area (Å²) < 4.78 is 14.5. The van der Waals surface area contributed by atoms with E-state index in [4.69, 9.17) is 5.11 Å². The molecule has 1 aliphatic heterocycles. The number of halogens is 1. The second-order valence-corrected chi connectivity index (χ2v) is 6.45. The molecule has 1 atom stereocenters. The second-order valence-electron chi connectivity index (χ2n) is 6.45. The van der Waals surface area contributed by atoms with Gasteiger partial charge in [0.2, 0.25) is 0 Å². The van der Waals surface area contributed by atoms with Crippen molar-refractivity contribution >= 4 is 11.9 Å². The first-order valence-corrected chi connectivity index (χ1v) is 8.35. The Balaban J connectivity index is 1.84. The van der Waals surface area contributed by atoms with E-state index in [2.05, 4.69) is 0 Å². The second kappa shape index (κ2) is 7.05. The molecule has 2 aromatic rings. The number of nitrogens with zero attached hydrogens (tertiary/aromatic N) is 1. The minimum absolute atomic E-state index is 0.00634. The maximum Gasteiger partial charge on any atom is 0.305 e. The van der Waals surface area contributed by atoms with E-state index >= 15 is 0 Å². The number of carbonyl (C=O) groups is 2. The number of carboxylic acid groups (broad SMARTS) is 1. The van der Waals surface area contributed by atoms with Crippen LogP contribution in [0.4, 0.5) is 4.39 Å². The molecule has 0 saturated carbocycles. The third kappa shape index (κ3) is 3.71. The summed E-state index contributed by atoms with van der Waals surface area (Å²) in [6.45, 7) is 2.45. The van der Waals surface area contributed by atoms with Gasteiger partial charge in [0.15, 0.2) is 0 Å². The van der Waals surface area contributed by atoms with E-state index in [0.29, 0.717) is 18.5 Å². The summed E-state index contributed by atoms with van der Waals surface area (Å²) in [5, 5.41) is 8.97. The maximum atomic E-state index is 14.5. The van der Waals surface area contributed by atoms with E-state index in [9.17, 15) is 14.0 Å². The molecule has 1 fully saturated rings. The topological polar surface area (TPSA) is 57.6 Å². The van der Waals surface area contributed by atoms with Gasteiger partial charge in [-0.15, -0.1) is 0 Å². The van der Waals surface area contributed by atoms with Crippen LogP contribution in [0.1, 0.15) is 35.2 Å². The molecule has 0 spiro atoms. The van der Waals surface area contributed by atoms with Crippen LogP contribution >= 0.6 is 0 Å². The summed E-state index contributed by atoms with van der Waals surface area (Å²) >= 11 is 0. The number of aliphatic carboxylic acids is 1. The van der Waals surface area contributed by atoms with E-state index < -0.39 is 17.7 Å². The van der Waals surface area contributed by atoms with Gasteiger partial charge in [0, 0.05) is 12.6 Å². The number of hydrogen-bond donors (Lipinski definition) is 1. The minimum Gasteiger partial charge on any atom is -0.481 e. The highest BCUT2D eigenvalue weighted by molar-refractivity contribution is 5.95. The van der Waals surface area contributed by atoms with Crippen LogP contribution in [-0.4, -0.2) is 34.5 Å². The number of aryl methyl sites for hydroxylation is 1. The van der Waals surface area contributed by atoms with E-state index in [-0.39, 0.29) is 18.0 Å². The quantitative estimate of drug-likeness (QED) is 0.918. The van der Waals surface area contributed by atoms with Crippen molar-refractivity contribution in [1.82, 2.24) is 4.90 Å². The summed E-state index contributed by atoms with van der Waals surface area (Å²) in [4.78, 5) is 25.1. The molecule has 5 heteroatoms. The Morgan fingerprint density at radius 3 is 2.48 bits per heavy atom. The SMILES string of the molecule is Cc1ccc(-c2ccc(C(=O)N3CCCC3CC(=O)O)c(F)c2)cc1. The first kappa shape index (κ1) is 17.1. The van der Waals surface area contributed by atoms with Crippen LogP contribution in [0, 0.1) is 12.7 Å². The van der Waals surface area contributed by atoms with Crippen LogP contribution in [0.2, 0.25) is 0 Å². The summed E-state index contributed by atoms with van der Waals surface area (Å²) in [5.41, 5.74) is 2.70. The van der Waals surface area contributed by atoms with Gasteiger partial charge in [-0.2, -0.15) is 0 Å². The zero-order valence-corrected chi connectivity index (χ0v) is 14.0. The van der Waals surface area contributed by atoms with Gasteiger partial charge < -0.3 is 10.0 Å². The van der Waals surface area contributed by atoms with E-state index in [0.717, 1.165) is 17.5 Å². The molecular weight excluding hydrogens is 321 g/mol. The molecule has 0 radical (unpaired) electrons. The lowest BCUT2D eigenvalue weighted by molar-refractivity contribution is -0.137. The van der Waals surface area contributed by atoms with E-state index in [1.807, 2.05) is 31.2 Å². The Labute approximate surface area is 145 Å². The van der Waals surface area contributed by atoms with Gasteiger partial charge >= 0.3 is 5.97 Å². The summed E-state index contributed by atoms with van der Waals surface area (Å²) in [6, 6.07) is 11.9. The first-order chi connectivity index (χ1) is 12.0. The summed E-state index contributed by atoms with van der Waals surface area (Å²) in [7, 11) is 0. The standard InChI is InChI=1S/C20H20FNO3/c1-13-4-6-14(7-5-13)15-8-9-17(18(21)11-15)20(25)22-10-2-3-16(22)12-19(23)24/h4-9,11,16H,2-3,10,12H2,1H3,(H,23,24). The molecule has 1 amide bonds. The molecular formula is C20H20FNO3. The fourth-order valence-corrected chi connectivity index (χ4v) is 3.29. The molecule has 0 aliphatic carbocycles. The molecule has 1 unspecified atom stereocenters. The number of benzene rings is 2. The Morgan fingerprint density at radius 2 is 1.84 bits per heavy atom. The van der Waals surface area contributed by atoms with Crippen molar-refractivity contribution < 1.29 is 19.1 Å². The van der Waals surface area contributed by atoms with E-state index in [1.165, 1.54) is 17.0 Å². The lowest BCUT2D eigenvalue weighted by atomic mass is 10.0. The van der Waals surface area contributed by atoms with Crippen LogP contribution in [0.3, 0.4) is 0 Å². The van der Waals surface area contributed by atoms with Crippen molar-refractivity contribution in [3.05, 3.63) is 59.4 Å². The van der Waals surface area contributed by atoms with Crippen molar-refractivity contribution in [3.63, 3.8) is 0 Å². The van der Waals surface area contributed by atoms with Crippen molar-refractivity contribution in [3.8, 4) is 11.1 Å². The maximum absolute atomic E-state index is 14.5. The van der Waals surface area contributed by atoms with Crippen LogP contribution in [0.25, 0.3) is 11.1 Å². The highest BCUT2D eigenvalue weighted by atomic mass is 19.1. The molecule has 2 aromatic carbocycles. The number of carboxylic acids is 1. The monoisotopic (exact) mass is 341 g/mol. The largest absolute Gasteiger partial charge is 0.481 e. The van der Waals surface area contributed by atoms with Gasteiger partial charge in [-0.05, 0) is 43.0 Å². The average Bonchev–Trinajstić information content (AvgIpc) is 3.02. The number of likely N-dealkylation sites (tertiary alicyclic amines) is 1. The van der Waals surface area contributed by atoms with Crippen molar-refractivity contribution in [1.29, 1.82) is 0 Å². The lowest BCUT2D eigenvalue weighted by Crippen LogP contribution is -2.37. The number of hydrogen-bond acceptors (Lipinski definition) is 2. The van der Waals surface area contributed by atoms with Gasteiger partial charge in [0.1, 0.15) is 5.82 Å². The van der Waals surface area contributed by atoms with Crippen molar-refractivity contribution in [2.45, 2.75) is 32.2 Å². The van der Waals surface area contributed by atoms with Crippen LogP contribution in [0.15, 0.2) is 42.5 Å². The third-order valence-corrected chi connectivity index (χ3v) is 4.63. The first-order valence-electron chi connectivity index (χ1n) is 8.35. The molecule has 0 aromatic heterocycles. The Bertz CT molecular complexity index is 801. The summed E-state index contributed by atoms with van der Waals surface area (Å²) in [5.74, 6) is -1.96. The van der Waals surface area contributed by atoms with Gasteiger partial charge in [0.25, 0.3) is 5.91 Å². The van der Waals surface area contributed by atoms with Crippen molar-refractivity contribution in [2.75, 3.05) is 6.54 Å². The van der Waals surface area contributed by atoms with Crippen LogP contribution in [-0.2, 0) is 4.79 Å². The predicted molar refractivity (Wildman–Crippen MR) is 92.9 cm³/mol. The van der Waals surface area contributed by atoms with Gasteiger partial charge in [0.05, 0.1) is 12.0 Å². The predicted octanol–water partition coefficient (Wildman–Crippen LogP) is 3.88. The number of rotatable bonds is 4. The molecule has 130 valence electrons. The van der Waals surface area contributed by atoms with Crippen LogP contribution in [0.5, 0.6) is 0 Å². The Hall–Kier alpha value is -2.69. The molecule has 1 heterocycles. The number of carbonyl (C=O) groups excluding carboxylic acids is 1. The van der Waals surface area contributed by atoms with E-state index in [1.54, 1.807) is 6.07 Å². The fourth-order valence-electron chi connectivity index (χ4n) is 3.29. The molecule has 4 nitrogen and oxygen atoms in total. The van der Waals surface area contributed by atoms with Gasteiger partial charge in [-0.25, -0.2) is 4.39 Å². The van der Waals surface area contributed by atoms with Crippen LogP contribution < -0.4 is 0 Å². The normalized spacial score (nSPS) is 16.9. The smallest absolute Gasteiger partial charge is 0.305 e. The molecule has 1 aliphatic rings. The zero-order valence-electron chi connectivity index (χ0n) is 14.0. The molecule has 0 bridgehead atoms. The fraction of sp³-hybridized carbons (Fsp3) is 0.300. The lowest BCUT2D eigenvalue weighted by Gasteiger charge is -2.23. The Morgan fingerprint density at radius 1 is 1.16 bits per heavy atom. The highest BCUT2D eigenvalue weighted by Crippen LogP contribution is 2.26. The zero-order chi connectivity index (χ0) is 18.0. The average molecular weight is 341 g/mol. The van der Waals surface area contributed by atoms with Gasteiger partial charge in [-0.1, -0.05) is 35.9 Å². The third-order valence-electron chi connectivity index (χ3n) is 4.63. The highest BCUT2D eigenvalue weighted by Gasteiger charge is 2.32. The van der Waals surface area contributed by atoms with Crippen molar-refractivity contribution in [2.24, 2.45) is 0 Å². The minimum atomic E-state index is -0.945. The summed E-state index contributed by atoms with van der Waals surface area (Å²) in [6.07, 6.45) is 1.28. The molecule has 3 rings (SSSR count).